The van der Waals surface area contributed by atoms with Gasteiger partial charge in [-0.3, -0.25) is 0 Å². The van der Waals surface area contributed by atoms with Crippen LogP contribution in [0.1, 0.15) is 17.8 Å². The van der Waals surface area contributed by atoms with Crippen LogP contribution < -0.4 is 14.8 Å². The Hall–Kier alpha value is -2.75. The smallest absolute Gasteiger partial charge is 0.280 e. The van der Waals surface area contributed by atoms with Crippen LogP contribution in [0, 0.1) is 6.92 Å². The zero-order valence-corrected chi connectivity index (χ0v) is 16.3. The lowest BCUT2D eigenvalue weighted by Gasteiger charge is -2.12. The van der Waals surface area contributed by atoms with Crippen molar-refractivity contribution in [1.29, 1.82) is 0 Å². The molecular formula is C17H16BrF2N5O2. The third kappa shape index (κ3) is 4.16. The van der Waals surface area contributed by atoms with E-state index in [0.29, 0.717) is 27.4 Å². The second-order valence-corrected chi connectivity index (χ2v) is 6.37. The lowest BCUT2D eigenvalue weighted by atomic mass is 10.3. The fourth-order valence-corrected chi connectivity index (χ4v) is 2.78. The van der Waals surface area contributed by atoms with Crippen LogP contribution in [-0.4, -0.2) is 34.0 Å². The Morgan fingerprint density at radius 1 is 1.11 bits per heavy atom. The van der Waals surface area contributed by atoms with Crippen molar-refractivity contribution >= 4 is 27.6 Å². The number of nitrogens with zero attached hydrogens (tertiary/aromatic N) is 4. The number of anilines is 2. The second-order valence-electron chi connectivity index (χ2n) is 5.51. The molecule has 10 heteroatoms. The molecule has 3 rings (SSSR count). The Morgan fingerprint density at radius 3 is 2.37 bits per heavy atom. The number of halogens is 3. The minimum absolute atomic E-state index is 0.200. The second kappa shape index (κ2) is 7.87. The summed E-state index contributed by atoms with van der Waals surface area (Å²) in [6, 6.07) is 6.51. The van der Waals surface area contributed by atoms with Crippen molar-refractivity contribution in [1.82, 2.24) is 19.7 Å². The molecule has 3 aromatic rings. The van der Waals surface area contributed by atoms with Gasteiger partial charge in [-0.15, -0.1) is 0 Å². The predicted octanol–water partition coefficient (Wildman–Crippen LogP) is 4.43. The number of rotatable bonds is 6. The molecule has 0 radical (unpaired) electrons. The van der Waals surface area contributed by atoms with Gasteiger partial charge in [0.05, 0.1) is 24.4 Å². The number of aryl methyl sites for hydroxylation is 1. The van der Waals surface area contributed by atoms with Gasteiger partial charge >= 0.3 is 0 Å². The maximum absolute atomic E-state index is 13.3. The van der Waals surface area contributed by atoms with E-state index < -0.39 is 6.43 Å². The molecule has 1 aromatic carbocycles. The summed E-state index contributed by atoms with van der Waals surface area (Å²) < 4.78 is 38.6. The van der Waals surface area contributed by atoms with Gasteiger partial charge in [-0.05, 0) is 28.9 Å². The van der Waals surface area contributed by atoms with Crippen molar-refractivity contribution < 1.29 is 18.3 Å². The molecule has 0 aliphatic heterocycles. The summed E-state index contributed by atoms with van der Waals surface area (Å²) in [5.41, 5.74) is 0.828. The molecule has 0 amide bonds. The topological polar surface area (TPSA) is 74.1 Å². The average molecular weight is 440 g/mol. The normalized spacial score (nSPS) is 10.9. The van der Waals surface area contributed by atoms with Gasteiger partial charge in [-0.1, -0.05) is 0 Å². The van der Waals surface area contributed by atoms with Crippen LogP contribution in [0.2, 0.25) is 0 Å². The fraction of sp³-hybridized carbons (Fsp3) is 0.235. The molecule has 142 valence electrons. The van der Waals surface area contributed by atoms with E-state index in [0.717, 1.165) is 4.68 Å². The van der Waals surface area contributed by atoms with E-state index in [4.69, 9.17) is 9.47 Å². The Balaban J connectivity index is 2.00. The highest BCUT2D eigenvalue weighted by Gasteiger charge is 2.20. The first kappa shape index (κ1) is 19.0. The molecule has 1 N–H and O–H groups in total. The summed E-state index contributed by atoms with van der Waals surface area (Å²) in [7, 11) is 3.08. The molecule has 2 heterocycles. The fourth-order valence-electron chi connectivity index (χ4n) is 2.42. The predicted molar refractivity (Wildman–Crippen MR) is 99.4 cm³/mol. The highest BCUT2D eigenvalue weighted by atomic mass is 79.9. The van der Waals surface area contributed by atoms with E-state index in [9.17, 15) is 8.78 Å². The van der Waals surface area contributed by atoms with E-state index in [-0.39, 0.29) is 17.5 Å². The maximum Gasteiger partial charge on any atom is 0.280 e. The molecule has 0 aliphatic carbocycles. The Kier molecular flexibility index (Phi) is 5.54. The van der Waals surface area contributed by atoms with E-state index in [1.165, 1.54) is 12.3 Å². The largest absolute Gasteiger partial charge is 0.497 e. The van der Waals surface area contributed by atoms with Gasteiger partial charge in [0.15, 0.2) is 5.82 Å². The van der Waals surface area contributed by atoms with Crippen molar-refractivity contribution in [2.24, 2.45) is 0 Å². The molecule has 0 bridgehead atoms. The van der Waals surface area contributed by atoms with Crippen LogP contribution in [0.15, 0.2) is 34.9 Å². The summed E-state index contributed by atoms with van der Waals surface area (Å²) in [6.45, 7) is 1.64. The summed E-state index contributed by atoms with van der Waals surface area (Å²) in [5, 5.41) is 7.13. The summed E-state index contributed by atoms with van der Waals surface area (Å²) in [4.78, 5) is 8.49. The van der Waals surface area contributed by atoms with Gasteiger partial charge in [0.25, 0.3) is 6.43 Å². The number of hydrogen-bond donors (Lipinski definition) is 1. The van der Waals surface area contributed by atoms with Gasteiger partial charge < -0.3 is 14.8 Å². The van der Waals surface area contributed by atoms with Crippen molar-refractivity contribution in [2.45, 2.75) is 13.3 Å². The molecule has 0 aliphatic rings. The molecule has 27 heavy (non-hydrogen) atoms. The van der Waals surface area contributed by atoms with Gasteiger partial charge in [0, 0.05) is 30.1 Å². The van der Waals surface area contributed by atoms with Crippen LogP contribution in [-0.2, 0) is 0 Å². The maximum atomic E-state index is 13.3. The third-order valence-corrected chi connectivity index (χ3v) is 4.18. The number of nitrogens with one attached hydrogen (secondary N) is 1. The number of ether oxygens (including phenoxy) is 2. The molecule has 2 aromatic heterocycles. The lowest BCUT2D eigenvalue weighted by Crippen LogP contribution is -2.08. The molecule has 0 fully saturated rings. The van der Waals surface area contributed by atoms with E-state index in [1.54, 1.807) is 39.3 Å². The molecular weight excluding hydrogens is 424 g/mol. The molecule has 0 spiro atoms. The van der Waals surface area contributed by atoms with Crippen molar-refractivity contribution in [3.63, 3.8) is 0 Å². The van der Waals surface area contributed by atoms with Crippen LogP contribution in [0.4, 0.5) is 20.4 Å². The number of alkyl halides is 2. The first-order valence-electron chi connectivity index (χ1n) is 7.79. The number of benzene rings is 1. The van der Waals surface area contributed by atoms with Gasteiger partial charge in [0.2, 0.25) is 5.95 Å². The molecule has 7 nitrogen and oxygen atoms in total. The summed E-state index contributed by atoms with van der Waals surface area (Å²) >= 11 is 3.29. The first-order chi connectivity index (χ1) is 12.9. The Labute approximate surface area is 162 Å². The zero-order valence-electron chi connectivity index (χ0n) is 14.7. The van der Waals surface area contributed by atoms with Crippen LogP contribution in [0.5, 0.6) is 11.5 Å². The average Bonchev–Trinajstić information content (AvgIpc) is 3.04. The van der Waals surface area contributed by atoms with Gasteiger partial charge in [-0.2, -0.15) is 10.1 Å². The Bertz CT molecular complexity index is 942. The van der Waals surface area contributed by atoms with Crippen molar-refractivity contribution in [2.75, 3.05) is 19.5 Å². The van der Waals surface area contributed by atoms with Crippen LogP contribution in [0.25, 0.3) is 5.82 Å². The standard InChI is InChI=1S/C17H16BrF2N5O2/c1-9-4-14(15(19)20)25(24-9)16-13(18)8-21-17(23-16)22-10-5-11(26-2)7-12(6-10)27-3/h4-8,15H,1-3H3,(H,21,22,23). The molecule has 0 unspecified atom stereocenters. The van der Waals surface area contributed by atoms with Crippen LogP contribution >= 0.6 is 15.9 Å². The van der Waals surface area contributed by atoms with E-state index in [2.05, 4.69) is 36.3 Å². The third-order valence-electron chi connectivity index (χ3n) is 3.62. The SMILES string of the molecule is COc1cc(Nc2ncc(Br)c(-n3nc(C)cc3C(F)F)n2)cc(OC)c1. The molecule has 0 atom stereocenters. The molecule has 0 saturated heterocycles. The van der Waals surface area contributed by atoms with E-state index >= 15 is 0 Å². The van der Waals surface area contributed by atoms with Gasteiger partial charge in [0.1, 0.15) is 17.2 Å². The number of methoxy groups -OCH3 is 2. The number of aromatic nitrogens is 4. The Morgan fingerprint density at radius 2 is 1.78 bits per heavy atom. The highest BCUT2D eigenvalue weighted by molar-refractivity contribution is 9.10. The van der Waals surface area contributed by atoms with Crippen molar-refractivity contribution in [3.05, 3.63) is 46.3 Å². The monoisotopic (exact) mass is 439 g/mol. The first-order valence-corrected chi connectivity index (χ1v) is 8.58. The highest BCUT2D eigenvalue weighted by Crippen LogP contribution is 2.29. The zero-order chi connectivity index (χ0) is 19.6. The summed E-state index contributed by atoms with van der Waals surface area (Å²) in [6.07, 6.45) is -1.22. The minimum atomic E-state index is -2.69. The minimum Gasteiger partial charge on any atom is -0.497 e. The molecule has 0 saturated carbocycles. The van der Waals surface area contributed by atoms with E-state index in [1.807, 2.05) is 0 Å². The lowest BCUT2D eigenvalue weighted by molar-refractivity contribution is 0.142. The van der Waals surface area contributed by atoms with Crippen molar-refractivity contribution in [3.8, 4) is 17.3 Å². The number of hydrogen-bond acceptors (Lipinski definition) is 6. The summed E-state index contributed by atoms with van der Waals surface area (Å²) in [5.74, 6) is 1.57. The quantitative estimate of drug-likeness (QED) is 0.612. The van der Waals surface area contributed by atoms with Gasteiger partial charge in [-0.25, -0.2) is 18.4 Å². The van der Waals surface area contributed by atoms with Crippen LogP contribution in [0.3, 0.4) is 0 Å².